The molecule has 0 aliphatic rings. The van der Waals surface area contributed by atoms with Crippen LogP contribution in [0.2, 0.25) is 5.02 Å². The van der Waals surface area contributed by atoms with E-state index in [1.54, 1.807) is 69.3 Å². The molecule has 3 amide bonds. The van der Waals surface area contributed by atoms with E-state index in [-0.39, 0.29) is 16.6 Å². The summed E-state index contributed by atoms with van der Waals surface area (Å²) >= 11 is 14.5. The smallest absolute Gasteiger partial charge is 0.408 e. The van der Waals surface area contributed by atoms with Crippen molar-refractivity contribution in [3.05, 3.63) is 87.9 Å². The number of hydrogen-bond donors (Lipinski definition) is 4. The van der Waals surface area contributed by atoms with Crippen molar-refractivity contribution in [2.24, 2.45) is 0 Å². The van der Waals surface area contributed by atoms with Crippen molar-refractivity contribution in [3.8, 4) is 5.75 Å². The lowest BCUT2D eigenvalue weighted by molar-refractivity contribution is -0.122. The number of ether oxygens (including phenoxy) is 2. The Kier molecular flexibility index (Phi) is 11.5. The molecule has 0 bridgehead atoms. The molecular weight excluding hydrogens is 684 g/mol. The molecule has 0 aliphatic heterocycles. The standard InChI is InChI=1S/C28H28BrClN4O7S2/c1-28(2,3)41-27(37)33-24(17-7-5-4-6-8-17)25(36)34-43(38,39)20-12-10-19(11-13-20)31-26(42)32-23(35)16-40-22-14-9-18(29)15-21(22)30/h4-15,24H,16H2,1-3H3,(H,33,37)(H,34,36)(H2,31,32,35,42)/t24-/m0/s1. The molecule has 0 saturated carbocycles. The van der Waals surface area contributed by atoms with Gasteiger partial charge in [-0.3, -0.25) is 14.9 Å². The number of halogens is 2. The molecule has 3 aromatic carbocycles. The first kappa shape index (κ1) is 33.8. The number of carbonyl (C=O) groups is 3. The molecule has 0 fully saturated rings. The quantitative estimate of drug-likeness (QED) is 0.223. The van der Waals surface area contributed by atoms with Crippen molar-refractivity contribution < 1.29 is 32.3 Å². The topological polar surface area (TPSA) is 152 Å². The Morgan fingerprint density at radius 2 is 1.65 bits per heavy atom. The third-order valence-electron chi connectivity index (χ3n) is 5.22. The average molecular weight is 712 g/mol. The molecule has 0 aliphatic carbocycles. The molecule has 228 valence electrons. The summed E-state index contributed by atoms with van der Waals surface area (Å²) in [4.78, 5) is 37.4. The zero-order valence-electron chi connectivity index (χ0n) is 23.1. The molecular formula is C28H28BrClN4O7S2. The van der Waals surface area contributed by atoms with E-state index in [4.69, 9.17) is 33.3 Å². The number of alkyl carbamates (subject to hydrolysis) is 1. The fraction of sp³-hybridized carbons (Fsp3) is 0.214. The largest absolute Gasteiger partial charge is 0.482 e. The predicted molar refractivity (Wildman–Crippen MR) is 169 cm³/mol. The summed E-state index contributed by atoms with van der Waals surface area (Å²) in [6.45, 7) is 4.62. The van der Waals surface area contributed by atoms with Gasteiger partial charge >= 0.3 is 6.09 Å². The fourth-order valence-corrected chi connectivity index (χ4v) is 5.35. The molecule has 0 aromatic heterocycles. The minimum Gasteiger partial charge on any atom is -0.482 e. The lowest BCUT2D eigenvalue weighted by atomic mass is 10.1. The molecule has 0 unspecified atom stereocenters. The number of sulfonamides is 1. The summed E-state index contributed by atoms with van der Waals surface area (Å²) in [7, 11) is -4.34. The van der Waals surface area contributed by atoms with Gasteiger partial charge in [0.15, 0.2) is 11.7 Å². The minimum atomic E-state index is -4.34. The normalized spacial score (nSPS) is 11.9. The van der Waals surface area contributed by atoms with Gasteiger partial charge < -0.3 is 20.1 Å². The predicted octanol–water partition coefficient (Wildman–Crippen LogP) is 5.07. The maximum atomic E-state index is 13.1. The maximum absolute atomic E-state index is 13.1. The van der Waals surface area contributed by atoms with Gasteiger partial charge in [0, 0.05) is 10.2 Å². The summed E-state index contributed by atoms with van der Waals surface area (Å²) in [5, 5.41) is 7.88. The SMILES string of the molecule is CC(C)(C)OC(=O)N[C@H](C(=O)NS(=O)(=O)c1ccc(NC(=S)NC(=O)COc2ccc(Br)cc2Cl)cc1)c1ccccc1. The van der Waals surface area contributed by atoms with E-state index in [0.29, 0.717) is 22.0 Å². The van der Waals surface area contributed by atoms with Crippen molar-refractivity contribution in [2.75, 3.05) is 11.9 Å². The number of benzene rings is 3. The Balaban J connectivity index is 1.60. The second kappa shape index (κ2) is 14.6. The van der Waals surface area contributed by atoms with Crippen LogP contribution in [0.25, 0.3) is 0 Å². The molecule has 3 aromatic rings. The van der Waals surface area contributed by atoms with Gasteiger partial charge in [-0.25, -0.2) is 17.9 Å². The number of carbonyl (C=O) groups excluding carboxylic acids is 3. The molecule has 0 heterocycles. The van der Waals surface area contributed by atoms with Crippen LogP contribution in [0, 0.1) is 0 Å². The molecule has 15 heteroatoms. The average Bonchev–Trinajstić information content (AvgIpc) is 2.90. The second-order valence-electron chi connectivity index (χ2n) is 9.85. The number of rotatable bonds is 9. The highest BCUT2D eigenvalue weighted by Gasteiger charge is 2.29. The van der Waals surface area contributed by atoms with E-state index in [9.17, 15) is 22.8 Å². The van der Waals surface area contributed by atoms with Crippen molar-refractivity contribution in [1.29, 1.82) is 0 Å². The number of anilines is 1. The van der Waals surface area contributed by atoms with Crippen molar-refractivity contribution in [3.63, 3.8) is 0 Å². The van der Waals surface area contributed by atoms with Gasteiger partial charge in [-0.05, 0) is 81.0 Å². The van der Waals surface area contributed by atoms with E-state index < -0.39 is 39.6 Å². The summed E-state index contributed by atoms with van der Waals surface area (Å²) in [5.74, 6) is -1.22. The van der Waals surface area contributed by atoms with E-state index in [0.717, 1.165) is 4.47 Å². The van der Waals surface area contributed by atoms with Crippen LogP contribution in [0.15, 0.2) is 82.2 Å². The zero-order valence-corrected chi connectivity index (χ0v) is 27.1. The monoisotopic (exact) mass is 710 g/mol. The lowest BCUT2D eigenvalue weighted by Crippen LogP contribution is -2.44. The van der Waals surface area contributed by atoms with Crippen LogP contribution in [0.3, 0.4) is 0 Å². The second-order valence-corrected chi connectivity index (χ2v) is 13.3. The lowest BCUT2D eigenvalue weighted by Gasteiger charge is -2.23. The van der Waals surface area contributed by atoms with Crippen LogP contribution in [-0.4, -0.2) is 43.6 Å². The first-order valence-electron chi connectivity index (χ1n) is 12.5. The molecule has 0 spiro atoms. The molecule has 4 N–H and O–H groups in total. The number of nitrogens with one attached hydrogen (secondary N) is 4. The van der Waals surface area contributed by atoms with E-state index in [1.165, 1.54) is 24.3 Å². The summed E-state index contributed by atoms with van der Waals surface area (Å²) in [5.41, 5.74) is -0.126. The summed E-state index contributed by atoms with van der Waals surface area (Å²) < 4.78 is 39.4. The van der Waals surface area contributed by atoms with Crippen LogP contribution < -0.4 is 25.4 Å². The third-order valence-corrected chi connectivity index (χ3v) is 7.57. The fourth-order valence-electron chi connectivity index (χ4n) is 3.40. The van der Waals surface area contributed by atoms with Crippen molar-refractivity contribution in [2.45, 2.75) is 37.3 Å². The van der Waals surface area contributed by atoms with Gasteiger partial charge in [0.25, 0.3) is 21.8 Å². The number of hydrogen-bond acceptors (Lipinski definition) is 8. The minimum absolute atomic E-state index is 0.0571. The highest BCUT2D eigenvalue weighted by Crippen LogP contribution is 2.27. The van der Waals surface area contributed by atoms with Gasteiger partial charge in [0.05, 0.1) is 9.92 Å². The summed E-state index contributed by atoms with van der Waals surface area (Å²) in [6.07, 6.45) is -0.893. The molecule has 43 heavy (non-hydrogen) atoms. The molecule has 3 rings (SSSR count). The summed E-state index contributed by atoms with van der Waals surface area (Å²) in [6, 6.07) is 17.0. The van der Waals surface area contributed by atoms with Crippen LogP contribution in [0.4, 0.5) is 10.5 Å². The highest BCUT2D eigenvalue weighted by atomic mass is 79.9. The third kappa shape index (κ3) is 10.8. The first-order chi connectivity index (χ1) is 20.1. The number of amides is 3. The highest BCUT2D eigenvalue weighted by molar-refractivity contribution is 9.10. The van der Waals surface area contributed by atoms with Gasteiger partial charge in [0.1, 0.15) is 17.4 Å². The van der Waals surface area contributed by atoms with Gasteiger partial charge in [-0.1, -0.05) is 57.9 Å². The van der Waals surface area contributed by atoms with Crippen molar-refractivity contribution >= 4 is 78.5 Å². The Hall–Kier alpha value is -3.72. The molecule has 0 radical (unpaired) electrons. The zero-order chi connectivity index (χ0) is 31.8. The van der Waals surface area contributed by atoms with Gasteiger partial charge in [-0.15, -0.1) is 0 Å². The van der Waals surface area contributed by atoms with Crippen LogP contribution >= 0.6 is 39.7 Å². The Labute approximate surface area is 267 Å². The van der Waals surface area contributed by atoms with Gasteiger partial charge in [0.2, 0.25) is 0 Å². The van der Waals surface area contributed by atoms with E-state index in [1.807, 2.05) is 4.72 Å². The van der Waals surface area contributed by atoms with Crippen molar-refractivity contribution in [1.82, 2.24) is 15.4 Å². The number of thiocarbonyl (C=S) groups is 1. The van der Waals surface area contributed by atoms with Gasteiger partial charge in [-0.2, -0.15) is 0 Å². The Morgan fingerprint density at radius 1 is 1.00 bits per heavy atom. The maximum Gasteiger partial charge on any atom is 0.408 e. The van der Waals surface area contributed by atoms with E-state index >= 15 is 0 Å². The van der Waals surface area contributed by atoms with Crippen LogP contribution in [0.1, 0.15) is 32.4 Å². The van der Waals surface area contributed by atoms with Crippen LogP contribution in [-0.2, 0) is 24.3 Å². The Morgan fingerprint density at radius 3 is 2.26 bits per heavy atom. The van der Waals surface area contributed by atoms with E-state index in [2.05, 4.69) is 31.9 Å². The molecule has 11 nitrogen and oxygen atoms in total. The first-order valence-corrected chi connectivity index (χ1v) is 15.6. The Bertz CT molecular complexity index is 1600. The van der Waals surface area contributed by atoms with Crippen LogP contribution in [0.5, 0.6) is 5.75 Å². The molecule has 1 atom stereocenters. The molecule has 0 saturated heterocycles.